The Balaban J connectivity index is 2.05. The van der Waals surface area contributed by atoms with Crippen LogP contribution in [0.3, 0.4) is 0 Å². The van der Waals surface area contributed by atoms with E-state index in [1.54, 1.807) is 0 Å². The number of nitrogens with zero attached hydrogens (tertiary/aromatic N) is 2. The monoisotopic (exact) mass is 220 g/mol. The van der Waals surface area contributed by atoms with E-state index >= 15 is 0 Å². The van der Waals surface area contributed by atoms with Crippen LogP contribution in [0.4, 0.5) is 0 Å². The van der Waals surface area contributed by atoms with Crippen LogP contribution >= 0.6 is 0 Å². The van der Waals surface area contributed by atoms with E-state index in [9.17, 15) is 5.26 Å². The number of likely N-dealkylation sites (tertiary alicyclic amines) is 1. The van der Waals surface area contributed by atoms with Gasteiger partial charge in [0.1, 0.15) is 5.54 Å². The van der Waals surface area contributed by atoms with Gasteiger partial charge >= 0.3 is 0 Å². The summed E-state index contributed by atoms with van der Waals surface area (Å²) < 4.78 is 0. The highest BCUT2D eigenvalue weighted by atomic mass is 15.2. The Labute approximate surface area is 99.6 Å². The summed E-state index contributed by atoms with van der Waals surface area (Å²) in [6.07, 6.45) is 9.98. The Morgan fingerprint density at radius 2 is 1.62 bits per heavy atom. The van der Waals surface area contributed by atoms with E-state index < -0.39 is 0 Å². The molecule has 0 aromatic carbocycles. The van der Waals surface area contributed by atoms with Gasteiger partial charge in [0.2, 0.25) is 0 Å². The molecule has 90 valence electrons. The van der Waals surface area contributed by atoms with Gasteiger partial charge in [-0.15, -0.1) is 0 Å². The highest BCUT2D eigenvalue weighted by molar-refractivity contribution is 5.10. The maximum absolute atomic E-state index is 9.58. The van der Waals surface area contributed by atoms with Crippen LogP contribution in [0.2, 0.25) is 0 Å². The third kappa shape index (κ3) is 2.40. The fraction of sp³-hybridized carbons (Fsp3) is 0.929. The van der Waals surface area contributed by atoms with Gasteiger partial charge in [-0.2, -0.15) is 5.26 Å². The van der Waals surface area contributed by atoms with Crippen LogP contribution in [0.15, 0.2) is 0 Å². The molecule has 0 N–H and O–H groups in total. The second-order valence-corrected chi connectivity index (χ2v) is 5.73. The van der Waals surface area contributed by atoms with Crippen molar-refractivity contribution >= 4 is 0 Å². The highest BCUT2D eigenvalue weighted by Gasteiger charge is 2.39. The number of rotatable bonds is 1. The Morgan fingerprint density at radius 1 is 1.06 bits per heavy atom. The fourth-order valence-electron chi connectivity index (χ4n) is 3.24. The van der Waals surface area contributed by atoms with Crippen molar-refractivity contribution in [3.05, 3.63) is 0 Å². The molecule has 16 heavy (non-hydrogen) atoms. The van der Waals surface area contributed by atoms with Crippen molar-refractivity contribution in [2.24, 2.45) is 5.92 Å². The van der Waals surface area contributed by atoms with Crippen LogP contribution in [0.25, 0.3) is 0 Å². The lowest BCUT2D eigenvalue weighted by Gasteiger charge is -2.42. The second kappa shape index (κ2) is 5.19. The van der Waals surface area contributed by atoms with Crippen molar-refractivity contribution in [3.63, 3.8) is 0 Å². The molecule has 0 bridgehead atoms. The molecule has 0 radical (unpaired) electrons. The summed E-state index contributed by atoms with van der Waals surface area (Å²) in [5, 5.41) is 9.58. The van der Waals surface area contributed by atoms with E-state index in [4.69, 9.17) is 0 Å². The van der Waals surface area contributed by atoms with Crippen molar-refractivity contribution in [1.29, 1.82) is 5.26 Å². The van der Waals surface area contributed by atoms with Gasteiger partial charge in [0.05, 0.1) is 6.07 Å². The summed E-state index contributed by atoms with van der Waals surface area (Å²) >= 11 is 0. The van der Waals surface area contributed by atoms with Crippen molar-refractivity contribution in [2.75, 3.05) is 13.1 Å². The van der Waals surface area contributed by atoms with E-state index in [2.05, 4.69) is 17.9 Å². The smallest absolute Gasteiger partial charge is 0.109 e. The van der Waals surface area contributed by atoms with Gasteiger partial charge in [0.25, 0.3) is 0 Å². The molecule has 0 amide bonds. The predicted molar refractivity (Wildman–Crippen MR) is 66.0 cm³/mol. The summed E-state index contributed by atoms with van der Waals surface area (Å²) in [7, 11) is 0. The van der Waals surface area contributed by atoms with Gasteiger partial charge in [-0.3, -0.25) is 4.90 Å². The normalized spacial score (nSPS) is 37.6. The van der Waals surface area contributed by atoms with Crippen molar-refractivity contribution in [1.82, 2.24) is 4.90 Å². The Kier molecular flexibility index (Phi) is 3.86. The summed E-state index contributed by atoms with van der Waals surface area (Å²) in [6, 6.07) is 2.66. The first kappa shape index (κ1) is 11.9. The van der Waals surface area contributed by atoms with Gasteiger partial charge in [-0.05, 0) is 57.5 Å². The second-order valence-electron chi connectivity index (χ2n) is 5.73. The summed E-state index contributed by atoms with van der Waals surface area (Å²) in [5.41, 5.74) is -0.100. The molecule has 0 aromatic rings. The van der Waals surface area contributed by atoms with Gasteiger partial charge in [0.15, 0.2) is 0 Å². The van der Waals surface area contributed by atoms with E-state index in [-0.39, 0.29) is 5.54 Å². The Morgan fingerprint density at radius 3 is 2.12 bits per heavy atom. The van der Waals surface area contributed by atoms with Crippen LogP contribution in [0.1, 0.15) is 58.3 Å². The van der Waals surface area contributed by atoms with E-state index in [1.807, 2.05) is 0 Å². The van der Waals surface area contributed by atoms with E-state index in [1.165, 1.54) is 38.5 Å². The largest absolute Gasteiger partial charge is 0.286 e. The van der Waals surface area contributed by atoms with Crippen LogP contribution in [-0.4, -0.2) is 23.5 Å². The molecular weight excluding hydrogens is 196 g/mol. The summed E-state index contributed by atoms with van der Waals surface area (Å²) in [5.74, 6) is 0.827. The topological polar surface area (TPSA) is 27.0 Å². The standard InChI is InChI=1S/C14H24N2/c1-13-6-8-14(12-15,9-7-13)16-10-4-2-3-5-11-16/h13H,2-11H2,1H3. The van der Waals surface area contributed by atoms with Crippen LogP contribution in [0.5, 0.6) is 0 Å². The summed E-state index contributed by atoms with van der Waals surface area (Å²) in [6.45, 7) is 4.63. The Bertz CT molecular complexity index is 250. The molecular formula is C14H24N2. The SMILES string of the molecule is CC1CCC(C#N)(N2CCCCCC2)CC1. The molecule has 2 heteroatoms. The molecule has 2 rings (SSSR count). The molecule has 1 aliphatic carbocycles. The van der Waals surface area contributed by atoms with Crippen molar-refractivity contribution < 1.29 is 0 Å². The van der Waals surface area contributed by atoms with Gasteiger partial charge < -0.3 is 0 Å². The van der Waals surface area contributed by atoms with Gasteiger partial charge in [-0.25, -0.2) is 0 Å². The molecule has 1 saturated heterocycles. The van der Waals surface area contributed by atoms with Crippen LogP contribution < -0.4 is 0 Å². The first-order valence-corrected chi connectivity index (χ1v) is 6.93. The lowest BCUT2D eigenvalue weighted by molar-refractivity contribution is 0.0871. The first-order chi connectivity index (χ1) is 7.77. The first-order valence-electron chi connectivity index (χ1n) is 6.93. The molecule has 2 fully saturated rings. The minimum absolute atomic E-state index is 0.100. The minimum Gasteiger partial charge on any atom is -0.286 e. The number of hydrogen-bond acceptors (Lipinski definition) is 2. The van der Waals surface area contributed by atoms with E-state index in [0.717, 1.165) is 31.8 Å². The zero-order chi connectivity index (χ0) is 11.4. The average Bonchev–Trinajstić information content (AvgIpc) is 2.60. The Hall–Kier alpha value is -0.550. The van der Waals surface area contributed by atoms with Crippen LogP contribution in [0, 0.1) is 17.2 Å². The third-order valence-corrected chi connectivity index (χ3v) is 4.52. The van der Waals surface area contributed by atoms with Crippen LogP contribution in [-0.2, 0) is 0 Å². The quantitative estimate of drug-likeness (QED) is 0.677. The predicted octanol–water partition coefficient (Wildman–Crippen LogP) is 3.33. The fourth-order valence-corrected chi connectivity index (χ4v) is 3.24. The molecule has 1 saturated carbocycles. The zero-order valence-corrected chi connectivity index (χ0v) is 10.5. The maximum atomic E-state index is 9.58. The average molecular weight is 220 g/mol. The van der Waals surface area contributed by atoms with Gasteiger partial charge in [-0.1, -0.05) is 19.8 Å². The van der Waals surface area contributed by atoms with Crippen molar-refractivity contribution in [3.8, 4) is 6.07 Å². The number of nitriles is 1. The van der Waals surface area contributed by atoms with E-state index in [0.29, 0.717) is 0 Å². The molecule has 0 atom stereocenters. The zero-order valence-electron chi connectivity index (χ0n) is 10.5. The molecule has 0 unspecified atom stereocenters. The molecule has 2 aliphatic rings. The molecule has 0 aromatic heterocycles. The maximum Gasteiger partial charge on any atom is 0.109 e. The molecule has 0 spiro atoms. The lowest BCUT2D eigenvalue weighted by atomic mass is 9.77. The van der Waals surface area contributed by atoms with Gasteiger partial charge in [0, 0.05) is 0 Å². The molecule has 1 aliphatic heterocycles. The third-order valence-electron chi connectivity index (χ3n) is 4.52. The summed E-state index contributed by atoms with van der Waals surface area (Å²) in [4.78, 5) is 2.51. The molecule has 2 nitrogen and oxygen atoms in total. The molecule has 1 heterocycles. The highest BCUT2D eigenvalue weighted by Crippen LogP contribution is 2.37. The van der Waals surface area contributed by atoms with Crippen molar-refractivity contribution in [2.45, 2.75) is 63.8 Å². The lowest BCUT2D eigenvalue weighted by Crippen LogP contribution is -2.50. The number of hydrogen-bond donors (Lipinski definition) is 0. The minimum atomic E-state index is -0.100.